The summed E-state index contributed by atoms with van der Waals surface area (Å²) in [5.74, 6) is 0.555. The maximum Gasteiger partial charge on any atom is 0.231 e. The Hall–Kier alpha value is -3.92. The van der Waals surface area contributed by atoms with Crippen LogP contribution in [0.1, 0.15) is 52.7 Å². The van der Waals surface area contributed by atoms with Crippen LogP contribution < -0.4 is 0 Å². The van der Waals surface area contributed by atoms with Crippen LogP contribution in [0.25, 0.3) is 44.9 Å². The average Bonchev–Trinajstić information content (AvgIpc) is 3.27. The predicted molar refractivity (Wildman–Crippen MR) is 147 cm³/mol. The van der Waals surface area contributed by atoms with Crippen molar-refractivity contribution in [1.82, 2.24) is 9.97 Å². The first-order chi connectivity index (χ1) is 17.0. The molecular weight excluding hydrogens is 444 g/mol. The SMILES string of the molecule is CC(C)(C)c1ccnc(-c2cccc(-c3cc(C(C)(C)C)cc4oc(-c5ccccc5O)nc34)c2)c1. The summed E-state index contributed by atoms with van der Waals surface area (Å²) in [5.41, 5.74) is 8.47. The summed E-state index contributed by atoms with van der Waals surface area (Å²) in [7, 11) is 0. The third-order valence-electron chi connectivity index (χ3n) is 6.59. The average molecular weight is 477 g/mol. The number of pyridine rings is 1. The number of para-hydroxylation sites is 1. The molecule has 5 rings (SSSR count). The van der Waals surface area contributed by atoms with Gasteiger partial charge in [-0.05, 0) is 70.0 Å². The summed E-state index contributed by atoms with van der Waals surface area (Å²) in [6.07, 6.45) is 1.89. The molecule has 2 heterocycles. The lowest BCUT2D eigenvalue weighted by Crippen LogP contribution is -2.11. The fourth-order valence-electron chi connectivity index (χ4n) is 4.35. The Kier molecular flexibility index (Phi) is 5.71. The first-order valence-electron chi connectivity index (χ1n) is 12.3. The fourth-order valence-corrected chi connectivity index (χ4v) is 4.35. The number of rotatable bonds is 3. The number of benzene rings is 3. The Morgan fingerprint density at radius 1 is 0.694 bits per heavy atom. The molecule has 0 spiro atoms. The molecular formula is C32H32N2O2. The molecule has 5 aromatic rings. The molecule has 0 saturated heterocycles. The van der Waals surface area contributed by atoms with Crippen LogP contribution in [-0.4, -0.2) is 15.1 Å². The van der Waals surface area contributed by atoms with E-state index in [4.69, 9.17) is 9.40 Å². The lowest BCUT2D eigenvalue weighted by Gasteiger charge is -2.20. The Bertz CT molecular complexity index is 1570. The third-order valence-corrected chi connectivity index (χ3v) is 6.59. The zero-order chi connectivity index (χ0) is 25.7. The van der Waals surface area contributed by atoms with Gasteiger partial charge in [-0.1, -0.05) is 71.9 Å². The molecule has 0 bridgehead atoms. The molecule has 0 aliphatic heterocycles. The van der Waals surface area contributed by atoms with Gasteiger partial charge in [-0.2, -0.15) is 0 Å². The lowest BCUT2D eigenvalue weighted by molar-refractivity contribution is 0.474. The van der Waals surface area contributed by atoms with Gasteiger partial charge in [0, 0.05) is 17.3 Å². The molecule has 0 fully saturated rings. The van der Waals surface area contributed by atoms with Gasteiger partial charge in [0.05, 0.1) is 11.3 Å². The van der Waals surface area contributed by atoms with E-state index in [0.29, 0.717) is 17.0 Å². The van der Waals surface area contributed by atoms with Gasteiger partial charge in [-0.3, -0.25) is 4.98 Å². The van der Waals surface area contributed by atoms with Crippen LogP contribution >= 0.6 is 0 Å². The Labute approximate surface area is 212 Å². The minimum absolute atomic E-state index is 0.0443. The van der Waals surface area contributed by atoms with Crippen LogP contribution in [0.2, 0.25) is 0 Å². The summed E-state index contributed by atoms with van der Waals surface area (Å²) < 4.78 is 6.22. The number of aromatic nitrogens is 2. The Morgan fingerprint density at radius 3 is 2.14 bits per heavy atom. The highest BCUT2D eigenvalue weighted by atomic mass is 16.3. The molecule has 3 aromatic carbocycles. The first kappa shape index (κ1) is 23.8. The van der Waals surface area contributed by atoms with Gasteiger partial charge in [0.2, 0.25) is 5.89 Å². The van der Waals surface area contributed by atoms with Crippen molar-refractivity contribution in [2.45, 2.75) is 52.4 Å². The highest BCUT2D eigenvalue weighted by molar-refractivity contribution is 5.94. The standard InChI is InChI=1S/C32H32N2O2/c1-31(2,3)22-14-15-33-26(18-22)21-11-9-10-20(16-21)25-17-23(32(4,5)6)19-28-29(25)34-30(36-28)24-12-7-8-13-27(24)35/h7-19,35H,1-6H3. The van der Waals surface area contributed by atoms with Crippen molar-refractivity contribution in [1.29, 1.82) is 0 Å². The van der Waals surface area contributed by atoms with E-state index in [1.165, 1.54) is 5.56 Å². The first-order valence-corrected chi connectivity index (χ1v) is 12.3. The summed E-state index contributed by atoms with van der Waals surface area (Å²) in [5, 5.41) is 10.4. The Morgan fingerprint density at radius 2 is 1.42 bits per heavy atom. The zero-order valence-corrected chi connectivity index (χ0v) is 21.8. The predicted octanol–water partition coefficient (Wildman–Crippen LogP) is 8.52. The van der Waals surface area contributed by atoms with Crippen molar-refractivity contribution in [2.75, 3.05) is 0 Å². The molecule has 0 aliphatic carbocycles. The highest BCUT2D eigenvalue weighted by Crippen LogP contribution is 2.39. The van der Waals surface area contributed by atoms with Crippen molar-refractivity contribution in [3.05, 3.63) is 90.1 Å². The van der Waals surface area contributed by atoms with Gasteiger partial charge < -0.3 is 9.52 Å². The number of hydrogen-bond donors (Lipinski definition) is 1. The van der Waals surface area contributed by atoms with Crippen molar-refractivity contribution < 1.29 is 9.52 Å². The van der Waals surface area contributed by atoms with Crippen LogP contribution in [0.3, 0.4) is 0 Å². The van der Waals surface area contributed by atoms with E-state index in [0.717, 1.165) is 33.5 Å². The molecule has 1 N–H and O–H groups in total. The summed E-state index contributed by atoms with van der Waals surface area (Å²) in [6, 6.07) is 24.1. The molecule has 0 unspecified atom stereocenters. The molecule has 0 atom stereocenters. The van der Waals surface area contributed by atoms with Crippen molar-refractivity contribution in [3.63, 3.8) is 0 Å². The minimum Gasteiger partial charge on any atom is -0.507 e. The highest BCUT2D eigenvalue weighted by Gasteiger charge is 2.22. The van der Waals surface area contributed by atoms with Crippen LogP contribution in [-0.2, 0) is 10.8 Å². The number of phenolic OH excluding ortho intramolecular Hbond substituents is 1. The number of nitrogens with zero attached hydrogens (tertiary/aromatic N) is 2. The van der Waals surface area contributed by atoms with E-state index in [1.807, 2.05) is 18.3 Å². The van der Waals surface area contributed by atoms with E-state index < -0.39 is 0 Å². The van der Waals surface area contributed by atoms with Crippen LogP contribution in [0.15, 0.2) is 83.4 Å². The molecule has 0 saturated carbocycles. The second-order valence-electron chi connectivity index (χ2n) is 11.4. The van der Waals surface area contributed by atoms with Crippen LogP contribution in [0.4, 0.5) is 0 Å². The van der Waals surface area contributed by atoms with Gasteiger partial charge in [0.15, 0.2) is 5.58 Å². The minimum atomic E-state index is -0.0784. The zero-order valence-electron chi connectivity index (χ0n) is 21.8. The smallest absolute Gasteiger partial charge is 0.231 e. The van der Waals surface area contributed by atoms with Crippen LogP contribution in [0.5, 0.6) is 5.75 Å². The number of phenols is 1. The van der Waals surface area contributed by atoms with Gasteiger partial charge in [-0.25, -0.2) is 4.98 Å². The van der Waals surface area contributed by atoms with Crippen molar-refractivity contribution in [3.8, 4) is 39.6 Å². The molecule has 0 radical (unpaired) electrons. The number of fused-ring (bicyclic) bond motifs is 1. The van der Waals surface area contributed by atoms with E-state index >= 15 is 0 Å². The summed E-state index contributed by atoms with van der Waals surface area (Å²) >= 11 is 0. The largest absolute Gasteiger partial charge is 0.507 e. The fraction of sp³-hybridized carbons (Fsp3) is 0.250. The number of hydrogen-bond acceptors (Lipinski definition) is 4. The van der Waals surface area contributed by atoms with Gasteiger partial charge in [0.1, 0.15) is 11.3 Å². The molecule has 0 amide bonds. The molecule has 4 nitrogen and oxygen atoms in total. The van der Waals surface area contributed by atoms with Crippen LogP contribution in [0, 0.1) is 0 Å². The lowest BCUT2D eigenvalue weighted by atomic mass is 9.84. The second-order valence-corrected chi connectivity index (χ2v) is 11.4. The van der Waals surface area contributed by atoms with E-state index in [2.05, 4.69) is 95.1 Å². The normalized spacial score (nSPS) is 12.3. The maximum atomic E-state index is 10.4. The number of aromatic hydroxyl groups is 1. The topological polar surface area (TPSA) is 59.2 Å². The van der Waals surface area contributed by atoms with E-state index in [9.17, 15) is 5.11 Å². The monoisotopic (exact) mass is 476 g/mol. The van der Waals surface area contributed by atoms with Gasteiger partial charge >= 0.3 is 0 Å². The summed E-state index contributed by atoms with van der Waals surface area (Å²) in [6.45, 7) is 13.2. The van der Waals surface area contributed by atoms with E-state index in [1.54, 1.807) is 12.1 Å². The van der Waals surface area contributed by atoms with Gasteiger partial charge in [0.25, 0.3) is 0 Å². The number of oxazole rings is 1. The van der Waals surface area contributed by atoms with Crippen molar-refractivity contribution in [2.24, 2.45) is 0 Å². The molecule has 0 aliphatic rings. The quantitative estimate of drug-likeness (QED) is 0.283. The second kappa shape index (κ2) is 8.63. The third kappa shape index (κ3) is 4.51. The molecule has 182 valence electrons. The maximum absolute atomic E-state index is 10.4. The molecule has 2 aromatic heterocycles. The van der Waals surface area contributed by atoms with Gasteiger partial charge in [-0.15, -0.1) is 0 Å². The Balaban J connectivity index is 1.70. The van der Waals surface area contributed by atoms with Crippen molar-refractivity contribution >= 4 is 11.1 Å². The van der Waals surface area contributed by atoms with E-state index in [-0.39, 0.29) is 16.6 Å². The molecule has 4 heteroatoms. The summed E-state index contributed by atoms with van der Waals surface area (Å²) in [4.78, 5) is 9.52. The molecule has 36 heavy (non-hydrogen) atoms.